The average molecular weight is 1130 g/mol. The van der Waals surface area contributed by atoms with Crippen molar-refractivity contribution in [1.82, 2.24) is 0 Å². The van der Waals surface area contributed by atoms with Gasteiger partial charge in [0.1, 0.15) is 13.2 Å². The molecule has 0 heterocycles. The van der Waals surface area contributed by atoms with Gasteiger partial charge in [-0.15, -0.1) is 0 Å². The van der Waals surface area contributed by atoms with E-state index in [9.17, 15) is 14.4 Å². The normalized spacial score (nSPS) is 13.2. The van der Waals surface area contributed by atoms with Crippen LogP contribution in [-0.4, -0.2) is 37.2 Å². The third-order valence-corrected chi connectivity index (χ3v) is 13.7. The van der Waals surface area contributed by atoms with Crippen LogP contribution in [0.2, 0.25) is 0 Å². The number of hydrogen-bond acceptors (Lipinski definition) is 6. The molecule has 0 aromatic heterocycles. The van der Waals surface area contributed by atoms with E-state index in [-0.39, 0.29) is 37.5 Å². The highest BCUT2D eigenvalue weighted by Crippen LogP contribution is 2.15. The van der Waals surface area contributed by atoms with E-state index >= 15 is 0 Å². The molecule has 0 N–H and O–H groups in total. The summed E-state index contributed by atoms with van der Waals surface area (Å²) in [7, 11) is 0. The largest absolute Gasteiger partial charge is 0.462 e. The summed E-state index contributed by atoms with van der Waals surface area (Å²) in [5, 5.41) is 0. The maximum atomic E-state index is 12.9. The fourth-order valence-electron chi connectivity index (χ4n) is 8.81. The molecule has 0 bridgehead atoms. The number of rotatable bonds is 59. The lowest BCUT2D eigenvalue weighted by Gasteiger charge is -2.18. The molecule has 0 fully saturated rings. The number of hydrogen-bond donors (Lipinski definition) is 0. The van der Waals surface area contributed by atoms with E-state index in [1.165, 1.54) is 96.3 Å². The Morgan fingerprint density at radius 2 is 0.488 bits per heavy atom. The molecule has 0 saturated carbocycles. The van der Waals surface area contributed by atoms with Gasteiger partial charge in [-0.3, -0.25) is 14.4 Å². The maximum absolute atomic E-state index is 12.9. The minimum absolute atomic E-state index is 0.111. The molecule has 0 aliphatic carbocycles. The third-order valence-electron chi connectivity index (χ3n) is 13.7. The Kier molecular flexibility index (Phi) is 64.4. The van der Waals surface area contributed by atoms with E-state index < -0.39 is 6.10 Å². The first kappa shape index (κ1) is 77.0. The lowest BCUT2D eigenvalue weighted by Crippen LogP contribution is -2.30. The van der Waals surface area contributed by atoms with Crippen LogP contribution in [0, 0.1) is 0 Å². The van der Waals surface area contributed by atoms with Crippen LogP contribution in [0.3, 0.4) is 0 Å². The van der Waals surface area contributed by atoms with Crippen LogP contribution in [0.1, 0.15) is 284 Å². The molecule has 0 radical (unpaired) electrons. The van der Waals surface area contributed by atoms with Crippen LogP contribution in [0.15, 0.2) is 158 Å². The van der Waals surface area contributed by atoms with Crippen molar-refractivity contribution in [3.05, 3.63) is 158 Å². The second-order valence-corrected chi connectivity index (χ2v) is 21.6. The van der Waals surface area contributed by atoms with Crippen molar-refractivity contribution < 1.29 is 28.6 Å². The minimum Gasteiger partial charge on any atom is -0.462 e. The Morgan fingerprint density at radius 3 is 0.780 bits per heavy atom. The van der Waals surface area contributed by atoms with Gasteiger partial charge in [0.15, 0.2) is 6.10 Å². The summed E-state index contributed by atoms with van der Waals surface area (Å²) in [6, 6.07) is 0. The van der Waals surface area contributed by atoms with Crippen molar-refractivity contribution >= 4 is 17.9 Å². The third kappa shape index (κ3) is 65.8. The SMILES string of the molecule is CC/C=C\C/C=C\C/C=C\C/C=C\C/C=C\C/C=C\CCCCCCCCCCCCCCC(=O)OCC(COC(=O)CCCCCCC/C=C\C/C=C\CCCCCC)OC(=O)CCC/C=C\C/C=C\C/C=C\C/C=C\C/C=C\CC. The number of carbonyl (C=O) groups is 3. The molecule has 0 aromatic carbocycles. The average Bonchev–Trinajstić information content (AvgIpc) is 3.48. The summed E-state index contributed by atoms with van der Waals surface area (Å²) in [6.45, 7) is 6.34. The lowest BCUT2D eigenvalue weighted by molar-refractivity contribution is -0.167. The summed E-state index contributed by atoms with van der Waals surface area (Å²) < 4.78 is 16.9. The van der Waals surface area contributed by atoms with Crippen molar-refractivity contribution in [2.45, 2.75) is 290 Å². The zero-order valence-electron chi connectivity index (χ0n) is 52.9. The van der Waals surface area contributed by atoms with Gasteiger partial charge in [-0.2, -0.15) is 0 Å². The molecule has 1 atom stereocenters. The first-order valence-corrected chi connectivity index (χ1v) is 33.5. The van der Waals surface area contributed by atoms with E-state index in [1.54, 1.807) is 0 Å². The molecule has 0 aliphatic rings. The zero-order chi connectivity index (χ0) is 59.2. The van der Waals surface area contributed by atoms with Gasteiger partial charge in [-0.05, 0) is 141 Å². The van der Waals surface area contributed by atoms with Gasteiger partial charge in [0.25, 0.3) is 0 Å². The Morgan fingerprint density at radius 1 is 0.256 bits per heavy atom. The van der Waals surface area contributed by atoms with Crippen molar-refractivity contribution in [1.29, 1.82) is 0 Å². The van der Waals surface area contributed by atoms with E-state index in [0.29, 0.717) is 19.3 Å². The van der Waals surface area contributed by atoms with E-state index in [4.69, 9.17) is 14.2 Å². The topological polar surface area (TPSA) is 78.9 Å². The maximum Gasteiger partial charge on any atom is 0.306 e. The van der Waals surface area contributed by atoms with Crippen LogP contribution in [-0.2, 0) is 28.6 Å². The molecule has 0 aliphatic heterocycles. The van der Waals surface area contributed by atoms with E-state index in [2.05, 4.69) is 179 Å². The van der Waals surface area contributed by atoms with Gasteiger partial charge in [0.05, 0.1) is 0 Å². The highest BCUT2D eigenvalue weighted by molar-refractivity contribution is 5.71. The quantitative estimate of drug-likeness (QED) is 0.0261. The smallest absolute Gasteiger partial charge is 0.306 e. The van der Waals surface area contributed by atoms with Crippen molar-refractivity contribution in [3.63, 3.8) is 0 Å². The molecule has 0 amide bonds. The molecular weight excluding hydrogens is 1010 g/mol. The van der Waals surface area contributed by atoms with Crippen molar-refractivity contribution in [3.8, 4) is 0 Å². The lowest BCUT2D eigenvalue weighted by atomic mass is 10.0. The van der Waals surface area contributed by atoms with Gasteiger partial charge >= 0.3 is 17.9 Å². The van der Waals surface area contributed by atoms with Gasteiger partial charge < -0.3 is 14.2 Å². The molecule has 6 heteroatoms. The summed E-state index contributed by atoms with van der Waals surface area (Å²) >= 11 is 0. The Balaban J connectivity index is 4.37. The molecule has 0 spiro atoms. The number of ether oxygens (including phenoxy) is 3. The molecule has 0 aromatic rings. The summed E-state index contributed by atoms with van der Waals surface area (Å²) in [5.74, 6) is -0.986. The Hall–Kier alpha value is -4.97. The van der Waals surface area contributed by atoms with Crippen molar-refractivity contribution in [2.24, 2.45) is 0 Å². The minimum atomic E-state index is -0.822. The standard InChI is InChI=1S/C76H122O6/c1-4-7-10-13-16-19-22-25-28-31-32-33-34-35-36-37-38-39-40-41-42-43-44-46-48-51-54-57-60-63-66-69-75(78)81-72-73(71-80-74(77)68-65-62-59-56-53-50-47-30-27-24-21-18-15-12-9-6-3)82-76(79)70-67-64-61-58-55-52-49-45-29-26-23-20-17-14-11-8-5-2/h7-8,10-11,16-17,19-21,24-26,28-30,32-33,35-36,38-39,47,49,52,58,61,73H,4-6,9,12-15,18,22-23,27,31,34,37,40-46,48,50-51,53-57,59-60,62-72H2,1-3H3/b10-7-,11-8-,19-16-,20-17-,24-21-,28-25-,29-26-,33-32-,36-35-,39-38-,47-30-,52-49-,61-58-. The van der Waals surface area contributed by atoms with Crippen LogP contribution >= 0.6 is 0 Å². The van der Waals surface area contributed by atoms with Crippen molar-refractivity contribution in [2.75, 3.05) is 13.2 Å². The molecule has 82 heavy (non-hydrogen) atoms. The predicted octanol–water partition coefficient (Wildman–Crippen LogP) is 23.3. The first-order chi connectivity index (χ1) is 40.5. The second kappa shape index (κ2) is 68.5. The van der Waals surface area contributed by atoms with Gasteiger partial charge in [0.2, 0.25) is 0 Å². The summed E-state index contributed by atoms with van der Waals surface area (Å²) in [5.41, 5.74) is 0. The van der Waals surface area contributed by atoms with Crippen LogP contribution in [0.4, 0.5) is 0 Å². The van der Waals surface area contributed by atoms with E-state index in [1.807, 2.05) is 0 Å². The van der Waals surface area contributed by atoms with Crippen LogP contribution in [0.25, 0.3) is 0 Å². The van der Waals surface area contributed by atoms with Crippen LogP contribution in [0.5, 0.6) is 0 Å². The van der Waals surface area contributed by atoms with E-state index in [0.717, 1.165) is 141 Å². The molecule has 6 nitrogen and oxygen atoms in total. The monoisotopic (exact) mass is 1130 g/mol. The molecule has 0 rings (SSSR count). The van der Waals surface area contributed by atoms with Gasteiger partial charge in [-0.1, -0.05) is 281 Å². The highest BCUT2D eigenvalue weighted by Gasteiger charge is 2.19. The number of carbonyl (C=O) groups excluding carboxylic acids is 3. The summed E-state index contributed by atoms with van der Waals surface area (Å²) in [4.78, 5) is 38.3. The molecular formula is C76H122O6. The number of unbranched alkanes of at least 4 members (excludes halogenated alkanes) is 22. The summed E-state index contributed by atoms with van der Waals surface area (Å²) in [6.07, 6.45) is 99.8. The van der Waals surface area contributed by atoms with Gasteiger partial charge in [0, 0.05) is 19.3 Å². The number of esters is 3. The molecule has 0 saturated heterocycles. The zero-order valence-corrected chi connectivity index (χ0v) is 52.9. The Labute approximate surface area is 505 Å². The molecule has 1 unspecified atom stereocenters. The fourth-order valence-corrected chi connectivity index (χ4v) is 8.81. The predicted molar refractivity (Wildman–Crippen MR) is 357 cm³/mol. The van der Waals surface area contributed by atoms with Gasteiger partial charge in [-0.25, -0.2) is 0 Å². The number of allylic oxidation sites excluding steroid dienone is 26. The van der Waals surface area contributed by atoms with Crippen LogP contribution < -0.4 is 0 Å². The second-order valence-electron chi connectivity index (χ2n) is 21.6. The first-order valence-electron chi connectivity index (χ1n) is 33.5. The highest BCUT2D eigenvalue weighted by atomic mass is 16.6. The molecule has 462 valence electrons. The fraction of sp³-hybridized carbons (Fsp3) is 0.618. The Bertz CT molecular complexity index is 1830.